The first-order chi connectivity index (χ1) is 15.1. The number of rotatable bonds is 2. The normalized spacial score (nSPS) is 24.3. The first kappa shape index (κ1) is 20.0. The zero-order valence-corrected chi connectivity index (χ0v) is 16.5. The molecule has 1 aromatic heterocycles. The van der Waals surface area contributed by atoms with E-state index < -0.39 is 53.3 Å². The highest BCUT2D eigenvalue weighted by atomic mass is 19.4. The molecule has 0 spiro atoms. The summed E-state index contributed by atoms with van der Waals surface area (Å²) < 4.78 is 45.0. The molecule has 9 nitrogen and oxygen atoms in total. The van der Waals surface area contributed by atoms with E-state index in [1.807, 2.05) is 0 Å². The lowest BCUT2D eigenvalue weighted by molar-refractivity contribution is -0.137. The molecule has 12 heteroatoms. The number of halogens is 3. The Balaban J connectivity index is 1.47. The molecule has 3 saturated heterocycles. The zero-order valence-electron chi connectivity index (χ0n) is 16.5. The number of carbonyl (C=O) groups excluding carboxylic acids is 3. The molecule has 1 unspecified atom stereocenters. The fraction of sp³-hybridized carbons (Fsp3) is 0.350. The number of anilines is 1. The molecule has 0 aliphatic carbocycles. The Bertz CT molecular complexity index is 1220. The second kappa shape index (κ2) is 6.56. The van der Waals surface area contributed by atoms with Crippen LogP contribution in [-0.4, -0.2) is 57.5 Å². The fourth-order valence-electron chi connectivity index (χ4n) is 4.75. The van der Waals surface area contributed by atoms with E-state index in [9.17, 15) is 27.6 Å². The topological polar surface area (TPSA) is 111 Å². The Morgan fingerprint density at radius 2 is 2.03 bits per heavy atom. The van der Waals surface area contributed by atoms with E-state index in [1.54, 1.807) is 6.92 Å². The molecule has 3 aliphatic rings. The van der Waals surface area contributed by atoms with E-state index in [2.05, 4.69) is 5.16 Å². The van der Waals surface area contributed by atoms with E-state index in [4.69, 9.17) is 9.78 Å². The lowest BCUT2D eigenvalue weighted by Gasteiger charge is -2.34. The van der Waals surface area contributed by atoms with E-state index in [1.165, 1.54) is 21.9 Å². The van der Waals surface area contributed by atoms with Gasteiger partial charge in [-0.1, -0.05) is 5.16 Å². The van der Waals surface area contributed by atoms with Crippen LogP contribution in [0.2, 0.25) is 0 Å². The molecule has 0 N–H and O–H groups in total. The summed E-state index contributed by atoms with van der Waals surface area (Å²) in [6.45, 7) is 1.81. The molecule has 4 heterocycles. The summed E-state index contributed by atoms with van der Waals surface area (Å²) in [7, 11) is 0. The molecule has 1 aromatic carbocycles. The molecule has 2 bridgehead atoms. The van der Waals surface area contributed by atoms with Crippen molar-refractivity contribution in [2.24, 2.45) is 0 Å². The van der Waals surface area contributed by atoms with Crippen LogP contribution in [0.25, 0.3) is 0 Å². The van der Waals surface area contributed by atoms with Gasteiger partial charge in [0.1, 0.15) is 11.8 Å². The Morgan fingerprint density at radius 1 is 1.28 bits per heavy atom. The van der Waals surface area contributed by atoms with Crippen LogP contribution in [0.15, 0.2) is 28.8 Å². The summed E-state index contributed by atoms with van der Waals surface area (Å²) in [5.74, 6) is -0.710. The third kappa shape index (κ3) is 2.70. The average molecular weight is 445 g/mol. The van der Waals surface area contributed by atoms with Crippen LogP contribution in [0, 0.1) is 18.3 Å². The smallest absolute Gasteiger partial charge is 0.361 e. The van der Waals surface area contributed by atoms with Crippen LogP contribution in [0.3, 0.4) is 0 Å². The highest BCUT2D eigenvalue weighted by molar-refractivity contribution is 6.22. The number of nitriles is 1. The predicted octanol–water partition coefficient (Wildman–Crippen LogP) is 2.31. The van der Waals surface area contributed by atoms with Crippen molar-refractivity contribution in [3.05, 3.63) is 46.8 Å². The summed E-state index contributed by atoms with van der Waals surface area (Å²) in [4.78, 5) is 42.5. The number of fused-ring (bicyclic) bond motifs is 5. The number of hydrogen-bond donors (Lipinski definition) is 0. The molecular weight excluding hydrogens is 431 g/mol. The molecule has 2 aromatic rings. The van der Waals surface area contributed by atoms with Crippen molar-refractivity contribution in [1.82, 2.24) is 15.0 Å². The van der Waals surface area contributed by atoms with Gasteiger partial charge in [0.25, 0.3) is 11.8 Å². The minimum absolute atomic E-state index is 0.0807. The van der Waals surface area contributed by atoms with Gasteiger partial charge in [-0.25, -0.2) is 9.69 Å². The minimum Gasteiger partial charge on any atom is -0.361 e. The van der Waals surface area contributed by atoms with Gasteiger partial charge in [-0.15, -0.1) is 0 Å². The number of nitrogens with zero attached hydrogens (tertiary/aromatic N) is 5. The number of imide groups is 1. The second-order valence-electron chi connectivity index (χ2n) is 7.88. The maximum atomic E-state index is 13.4. The summed E-state index contributed by atoms with van der Waals surface area (Å²) >= 11 is 0. The zero-order chi connectivity index (χ0) is 22.9. The van der Waals surface area contributed by atoms with Crippen molar-refractivity contribution in [2.45, 2.75) is 37.6 Å². The molecule has 5 rings (SSSR count). The third-order valence-electron chi connectivity index (χ3n) is 6.06. The molecule has 0 radical (unpaired) electrons. The maximum absolute atomic E-state index is 13.4. The van der Waals surface area contributed by atoms with Crippen LogP contribution in [0.4, 0.5) is 23.7 Å². The van der Waals surface area contributed by atoms with Gasteiger partial charge in [-0.3, -0.25) is 9.59 Å². The second-order valence-corrected chi connectivity index (χ2v) is 7.88. The molecule has 0 saturated carbocycles. The number of benzene rings is 1. The fourth-order valence-corrected chi connectivity index (χ4v) is 4.75. The monoisotopic (exact) mass is 445 g/mol. The van der Waals surface area contributed by atoms with Gasteiger partial charge in [0.05, 0.1) is 35.0 Å². The number of aromatic nitrogens is 1. The number of piperazine rings is 1. The minimum atomic E-state index is -4.83. The molecule has 164 valence electrons. The molecule has 3 fully saturated rings. The summed E-state index contributed by atoms with van der Waals surface area (Å²) in [6, 6.07) is 2.82. The van der Waals surface area contributed by atoms with E-state index in [0.717, 1.165) is 12.1 Å². The number of carbonyl (C=O) groups is 3. The summed E-state index contributed by atoms with van der Waals surface area (Å²) in [5, 5.41) is 12.7. The summed E-state index contributed by atoms with van der Waals surface area (Å²) in [6.07, 6.45) is -4.44. The largest absolute Gasteiger partial charge is 0.417 e. The van der Waals surface area contributed by atoms with Crippen LogP contribution < -0.4 is 4.90 Å². The number of hydrogen-bond acceptors (Lipinski definition) is 6. The first-order valence-corrected chi connectivity index (χ1v) is 9.63. The Kier molecular flexibility index (Phi) is 4.11. The van der Waals surface area contributed by atoms with Crippen LogP contribution >= 0.6 is 0 Å². The van der Waals surface area contributed by atoms with Crippen molar-refractivity contribution >= 4 is 23.5 Å². The standard InChI is InChI=1S/C20H14F3N5O4/c1-9-4-14(25-32-9)17(29)26-8-12-6-15(26)16-18(30)28(19(31)27(12)16)11-3-2-10(7-24)13(5-11)20(21,22)23/h2-5,12,15-16H,6,8H2,1H3/t12-,15?,16+/m1/s1. The Labute approximate surface area is 178 Å². The summed E-state index contributed by atoms with van der Waals surface area (Å²) in [5.41, 5.74) is -2.03. The van der Waals surface area contributed by atoms with Crippen molar-refractivity contribution in [1.29, 1.82) is 5.26 Å². The Morgan fingerprint density at radius 3 is 2.66 bits per heavy atom. The van der Waals surface area contributed by atoms with Gasteiger partial charge in [-0.2, -0.15) is 18.4 Å². The number of amides is 4. The van der Waals surface area contributed by atoms with Crippen LogP contribution in [0.1, 0.15) is 33.8 Å². The SMILES string of the molecule is Cc1cc(C(=O)N2C[C@H]3CC2[C@H]2C(=O)N(c4ccc(C#N)c(C(F)(F)F)c4)C(=O)N32)no1. The molecule has 3 atom stereocenters. The van der Waals surface area contributed by atoms with Gasteiger partial charge in [-0.05, 0) is 31.5 Å². The highest BCUT2D eigenvalue weighted by Gasteiger charge is 2.63. The number of aryl methyl sites for hydroxylation is 1. The predicted molar refractivity (Wildman–Crippen MR) is 99.1 cm³/mol. The van der Waals surface area contributed by atoms with Crippen molar-refractivity contribution in [3.63, 3.8) is 0 Å². The Hall–Kier alpha value is -3.88. The van der Waals surface area contributed by atoms with Crippen molar-refractivity contribution in [2.75, 3.05) is 11.4 Å². The quantitative estimate of drug-likeness (QED) is 0.656. The highest BCUT2D eigenvalue weighted by Crippen LogP contribution is 2.43. The number of likely N-dealkylation sites (tertiary alicyclic amines) is 1. The number of urea groups is 1. The van der Waals surface area contributed by atoms with E-state index in [-0.39, 0.29) is 17.9 Å². The van der Waals surface area contributed by atoms with Crippen LogP contribution in [-0.2, 0) is 11.0 Å². The lowest BCUT2D eigenvalue weighted by Crippen LogP contribution is -2.54. The van der Waals surface area contributed by atoms with Gasteiger partial charge in [0.2, 0.25) is 0 Å². The van der Waals surface area contributed by atoms with Crippen molar-refractivity contribution in [3.8, 4) is 6.07 Å². The van der Waals surface area contributed by atoms with E-state index in [0.29, 0.717) is 23.1 Å². The molecule has 32 heavy (non-hydrogen) atoms. The maximum Gasteiger partial charge on any atom is 0.417 e. The van der Waals surface area contributed by atoms with E-state index >= 15 is 0 Å². The third-order valence-corrected chi connectivity index (χ3v) is 6.06. The molecule has 3 aliphatic heterocycles. The van der Waals surface area contributed by atoms with Gasteiger partial charge < -0.3 is 14.3 Å². The average Bonchev–Trinajstić information content (AvgIpc) is 3.50. The van der Waals surface area contributed by atoms with Gasteiger partial charge in [0, 0.05) is 12.6 Å². The molecular formula is C20H14F3N5O4. The lowest BCUT2D eigenvalue weighted by atomic mass is 10.1. The van der Waals surface area contributed by atoms with Gasteiger partial charge >= 0.3 is 12.2 Å². The molecule has 4 amide bonds. The number of alkyl halides is 3. The first-order valence-electron chi connectivity index (χ1n) is 9.63. The van der Waals surface area contributed by atoms with Gasteiger partial charge in [0.15, 0.2) is 5.69 Å². The van der Waals surface area contributed by atoms with Crippen LogP contribution in [0.5, 0.6) is 0 Å². The van der Waals surface area contributed by atoms with Crippen molar-refractivity contribution < 1.29 is 32.1 Å².